The van der Waals surface area contributed by atoms with Crippen molar-refractivity contribution in [2.45, 2.75) is 26.7 Å². The van der Waals surface area contributed by atoms with Crippen LogP contribution in [-0.2, 0) is 9.47 Å². The lowest BCUT2D eigenvalue weighted by Crippen LogP contribution is -2.25. The summed E-state index contributed by atoms with van der Waals surface area (Å²) in [4.78, 5) is 20.9. The van der Waals surface area contributed by atoms with Crippen LogP contribution in [0.25, 0.3) is 0 Å². The topological polar surface area (TPSA) is 105 Å². The maximum atomic E-state index is 10.4. The summed E-state index contributed by atoms with van der Waals surface area (Å²) in [5, 5.41) is 0. The highest BCUT2D eigenvalue weighted by atomic mass is 16.6. The van der Waals surface area contributed by atoms with Crippen molar-refractivity contribution < 1.29 is 19.1 Å². The molecule has 0 rings (SSSR count). The fourth-order valence-electron chi connectivity index (χ4n) is 1.18. The molecule has 0 unspecified atom stereocenters. The van der Waals surface area contributed by atoms with Crippen LogP contribution in [0.5, 0.6) is 0 Å². The molecule has 6 nitrogen and oxygen atoms in total. The number of amides is 2. The molecular formula is C10H20N2O4. The first-order valence-corrected chi connectivity index (χ1v) is 5.26. The Morgan fingerprint density at radius 2 is 1.44 bits per heavy atom. The average molecular weight is 232 g/mol. The zero-order chi connectivity index (χ0) is 12.6. The molecule has 0 heterocycles. The van der Waals surface area contributed by atoms with Gasteiger partial charge in [0, 0.05) is 5.92 Å². The van der Waals surface area contributed by atoms with Crippen LogP contribution < -0.4 is 11.5 Å². The third-order valence-electron chi connectivity index (χ3n) is 2.07. The van der Waals surface area contributed by atoms with Gasteiger partial charge in [0.25, 0.3) is 0 Å². The molecule has 0 aromatic heterocycles. The third kappa shape index (κ3) is 9.11. The lowest BCUT2D eigenvalue weighted by molar-refractivity contribution is 0.0885. The Balaban J connectivity index is 3.94. The van der Waals surface area contributed by atoms with Crippen LogP contribution in [0.2, 0.25) is 0 Å². The molecule has 6 heteroatoms. The molecule has 0 fully saturated rings. The van der Waals surface area contributed by atoms with E-state index >= 15 is 0 Å². The molecule has 0 aliphatic carbocycles. The summed E-state index contributed by atoms with van der Waals surface area (Å²) in [7, 11) is 0. The van der Waals surface area contributed by atoms with Crippen LogP contribution in [0.3, 0.4) is 0 Å². The molecule has 0 aromatic carbocycles. The Kier molecular flexibility index (Phi) is 7.07. The highest BCUT2D eigenvalue weighted by Crippen LogP contribution is 2.13. The molecule has 0 saturated carbocycles. The first-order valence-electron chi connectivity index (χ1n) is 5.26. The average Bonchev–Trinajstić information content (AvgIpc) is 2.15. The monoisotopic (exact) mass is 232 g/mol. The van der Waals surface area contributed by atoms with Gasteiger partial charge < -0.3 is 20.9 Å². The van der Waals surface area contributed by atoms with Gasteiger partial charge >= 0.3 is 12.2 Å². The van der Waals surface area contributed by atoms with Gasteiger partial charge in [0.1, 0.15) is 0 Å². The van der Waals surface area contributed by atoms with E-state index in [1.807, 2.05) is 0 Å². The zero-order valence-corrected chi connectivity index (χ0v) is 9.77. The van der Waals surface area contributed by atoms with E-state index in [4.69, 9.17) is 11.5 Å². The van der Waals surface area contributed by atoms with Crippen molar-refractivity contribution in [2.75, 3.05) is 13.2 Å². The van der Waals surface area contributed by atoms with E-state index in [1.54, 1.807) is 0 Å². The second-order valence-electron chi connectivity index (χ2n) is 4.10. The lowest BCUT2D eigenvalue weighted by Gasteiger charge is -2.16. The number of carbonyl (C=O) groups is 2. The van der Waals surface area contributed by atoms with E-state index in [2.05, 4.69) is 23.3 Å². The van der Waals surface area contributed by atoms with Crippen molar-refractivity contribution in [2.24, 2.45) is 23.3 Å². The van der Waals surface area contributed by atoms with Crippen molar-refractivity contribution in [1.82, 2.24) is 0 Å². The summed E-state index contributed by atoms with van der Waals surface area (Å²) in [6.07, 6.45) is 0.0925. The van der Waals surface area contributed by atoms with Gasteiger partial charge in [-0.1, -0.05) is 20.3 Å². The van der Waals surface area contributed by atoms with Gasteiger partial charge in [0.2, 0.25) is 0 Å². The van der Waals surface area contributed by atoms with Crippen molar-refractivity contribution in [3.05, 3.63) is 0 Å². The fraction of sp³-hybridized carbons (Fsp3) is 0.800. The maximum absolute atomic E-state index is 10.4. The SMILES string of the molecule is CC(C)CCC(COC(N)=O)COC(N)=O. The Labute approximate surface area is 95.3 Å². The molecule has 2 amide bonds. The van der Waals surface area contributed by atoms with Gasteiger partial charge in [-0.25, -0.2) is 9.59 Å². The Morgan fingerprint density at radius 3 is 1.75 bits per heavy atom. The van der Waals surface area contributed by atoms with Gasteiger partial charge in [-0.05, 0) is 12.3 Å². The first-order chi connectivity index (χ1) is 7.41. The molecule has 0 atom stereocenters. The van der Waals surface area contributed by atoms with Gasteiger partial charge in [0.05, 0.1) is 13.2 Å². The van der Waals surface area contributed by atoms with Crippen LogP contribution in [0.4, 0.5) is 9.59 Å². The third-order valence-corrected chi connectivity index (χ3v) is 2.07. The molecule has 94 valence electrons. The van der Waals surface area contributed by atoms with Crippen molar-refractivity contribution in [1.29, 1.82) is 0 Å². The Bertz CT molecular complexity index is 213. The number of hydrogen-bond donors (Lipinski definition) is 2. The largest absolute Gasteiger partial charge is 0.449 e. The van der Waals surface area contributed by atoms with Crippen molar-refractivity contribution in [3.63, 3.8) is 0 Å². The van der Waals surface area contributed by atoms with E-state index in [-0.39, 0.29) is 19.1 Å². The molecule has 16 heavy (non-hydrogen) atoms. The van der Waals surface area contributed by atoms with Gasteiger partial charge in [-0.3, -0.25) is 0 Å². The number of primary amides is 2. The van der Waals surface area contributed by atoms with E-state index in [1.165, 1.54) is 0 Å². The molecular weight excluding hydrogens is 212 g/mol. The molecule has 0 bridgehead atoms. The number of nitrogens with two attached hydrogens (primary N) is 2. The summed E-state index contributed by atoms with van der Waals surface area (Å²) < 4.78 is 9.35. The standard InChI is InChI=1S/C10H20N2O4/c1-7(2)3-4-8(5-15-9(11)13)6-16-10(12)14/h7-8H,3-6H2,1-2H3,(H2,11,13)(H2,12,14). The number of ether oxygens (including phenoxy) is 2. The highest BCUT2D eigenvalue weighted by molar-refractivity contribution is 5.65. The molecule has 0 saturated heterocycles. The summed E-state index contributed by atoms with van der Waals surface area (Å²) in [6.45, 7) is 4.46. The zero-order valence-electron chi connectivity index (χ0n) is 9.77. The minimum atomic E-state index is -0.825. The lowest BCUT2D eigenvalue weighted by atomic mass is 9.99. The Hall–Kier alpha value is -1.46. The second-order valence-corrected chi connectivity index (χ2v) is 4.10. The predicted octanol–water partition coefficient (Wildman–Crippen LogP) is 1.23. The quantitative estimate of drug-likeness (QED) is 0.688. The van der Waals surface area contributed by atoms with E-state index in [9.17, 15) is 9.59 Å². The number of hydrogen-bond acceptors (Lipinski definition) is 4. The Morgan fingerprint density at radius 1 is 1.00 bits per heavy atom. The summed E-state index contributed by atoms with van der Waals surface area (Å²) in [5.74, 6) is 0.479. The fourth-order valence-corrected chi connectivity index (χ4v) is 1.18. The van der Waals surface area contributed by atoms with E-state index < -0.39 is 12.2 Å². The molecule has 0 aliphatic rings. The van der Waals surface area contributed by atoms with E-state index in [0.717, 1.165) is 12.8 Å². The van der Waals surface area contributed by atoms with Crippen molar-refractivity contribution >= 4 is 12.2 Å². The van der Waals surface area contributed by atoms with E-state index in [0.29, 0.717) is 5.92 Å². The van der Waals surface area contributed by atoms with Gasteiger partial charge in [0.15, 0.2) is 0 Å². The highest BCUT2D eigenvalue weighted by Gasteiger charge is 2.13. The number of rotatable bonds is 7. The smallest absolute Gasteiger partial charge is 0.404 e. The van der Waals surface area contributed by atoms with Crippen LogP contribution in [-0.4, -0.2) is 25.4 Å². The second kappa shape index (κ2) is 7.78. The molecule has 0 aliphatic heterocycles. The van der Waals surface area contributed by atoms with Gasteiger partial charge in [-0.2, -0.15) is 0 Å². The number of carbonyl (C=O) groups excluding carboxylic acids is 2. The molecule has 0 aromatic rings. The minimum Gasteiger partial charge on any atom is -0.449 e. The van der Waals surface area contributed by atoms with Crippen molar-refractivity contribution in [3.8, 4) is 0 Å². The summed E-state index contributed by atoms with van der Waals surface area (Å²) >= 11 is 0. The molecule has 4 N–H and O–H groups in total. The maximum Gasteiger partial charge on any atom is 0.404 e. The van der Waals surface area contributed by atoms with Crippen LogP contribution >= 0.6 is 0 Å². The van der Waals surface area contributed by atoms with Gasteiger partial charge in [-0.15, -0.1) is 0 Å². The van der Waals surface area contributed by atoms with Crippen LogP contribution in [0, 0.1) is 11.8 Å². The minimum absolute atomic E-state index is 0.0533. The summed E-state index contributed by atoms with van der Waals surface area (Å²) in [5.41, 5.74) is 9.72. The summed E-state index contributed by atoms with van der Waals surface area (Å²) in [6, 6.07) is 0. The van der Waals surface area contributed by atoms with Crippen LogP contribution in [0.15, 0.2) is 0 Å². The molecule has 0 spiro atoms. The normalized spacial score (nSPS) is 10.5. The predicted molar refractivity (Wildman–Crippen MR) is 58.6 cm³/mol. The first kappa shape index (κ1) is 14.5. The molecule has 0 radical (unpaired) electrons. The van der Waals surface area contributed by atoms with Crippen LogP contribution in [0.1, 0.15) is 26.7 Å².